The van der Waals surface area contributed by atoms with Crippen LogP contribution in [0, 0.1) is 5.92 Å². The zero-order valence-electron chi connectivity index (χ0n) is 15.5. The van der Waals surface area contributed by atoms with Crippen LogP contribution in [0.15, 0.2) is 29.6 Å². The fraction of sp³-hybridized carbons (Fsp3) is 0.350. The number of aromatic hydroxyl groups is 1. The summed E-state index contributed by atoms with van der Waals surface area (Å²) in [5.41, 5.74) is 1.65. The first kappa shape index (κ1) is 19.5. The Kier molecular flexibility index (Phi) is 5.49. The maximum Gasteiger partial charge on any atom is 0.237 e. The number of aryl methyl sites for hydroxylation is 1. The minimum absolute atomic E-state index is 0.0135. The van der Waals surface area contributed by atoms with Crippen LogP contribution in [-0.4, -0.2) is 26.2 Å². The molecule has 1 amide bonds. The number of amides is 1. The van der Waals surface area contributed by atoms with Crippen molar-refractivity contribution < 1.29 is 9.90 Å². The van der Waals surface area contributed by atoms with E-state index in [1.807, 2.05) is 6.92 Å². The van der Waals surface area contributed by atoms with Crippen molar-refractivity contribution >= 4 is 56.5 Å². The maximum atomic E-state index is 12.7. The highest BCUT2D eigenvalue weighted by molar-refractivity contribution is 8.00. The first-order valence-corrected chi connectivity index (χ1v) is 11.2. The second kappa shape index (κ2) is 7.89. The lowest BCUT2D eigenvalue weighted by Gasteiger charge is -2.18. The number of hydrogen-bond donors (Lipinski definition) is 2. The van der Waals surface area contributed by atoms with Crippen LogP contribution in [0.2, 0.25) is 5.02 Å². The van der Waals surface area contributed by atoms with Gasteiger partial charge in [0, 0.05) is 15.3 Å². The maximum absolute atomic E-state index is 12.7. The Balaban J connectivity index is 1.57. The molecule has 0 saturated heterocycles. The van der Waals surface area contributed by atoms with Gasteiger partial charge in [-0.25, -0.2) is 9.97 Å². The zero-order valence-corrected chi connectivity index (χ0v) is 17.9. The molecular weight excluding hydrogens is 414 g/mol. The van der Waals surface area contributed by atoms with Crippen LogP contribution in [-0.2, 0) is 17.6 Å². The van der Waals surface area contributed by atoms with Crippen LogP contribution in [0.5, 0.6) is 5.75 Å². The number of hydrogen-bond acceptors (Lipinski definition) is 6. The van der Waals surface area contributed by atoms with Gasteiger partial charge in [0.25, 0.3) is 0 Å². The summed E-state index contributed by atoms with van der Waals surface area (Å²) < 4.78 is 0. The van der Waals surface area contributed by atoms with Gasteiger partial charge in [0.2, 0.25) is 5.91 Å². The lowest BCUT2D eigenvalue weighted by atomic mass is 9.89. The van der Waals surface area contributed by atoms with Crippen molar-refractivity contribution in [2.75, 3.05) is 5.32 Å². The number of nitrogens with zero attached hydrogens (tertiary/aromatic N) is 2. The SMILES string of the molecule is CC1CCc2c(sc3ncnc(SC(C)C(=O)Nc4cc(Cl)ccc4O)c23)C1. The molecule has 3 aromatic rings. The molecule has 0 fully saturated rings. The third-order valence-corrected chi connectivity index (χ3v) is 7.43. The van der Waals surface area contributed by atoms with Crippen molar-refractivity contribution in [3.8, 4) is 5.75 Å². The number of carbonyl (C=O) groups excluding carboxylic acids is 1. The number of carbonyl (C=O) groups is 1. The summed E-state index contributed by atoms with van der Waals surface area (Å²) in [4.78, 5) is 24.0. The number of phenolic OH excluding ortho intramolecular Hbond substituents is 1. The van der Waals surface area contributed by atoms with Crippen molar-refractivity contribution in [1.82, 2.24) is 9.97 Å². The molecule has 0 radical (unpaired) electrons. The lowest BCUT2D eigenvalue weighted by molar-refractivity contribution is -0.115. The van der Waals surface area contributed by atoms with Gasteiger partial charge in [-0.1, -0.05) is 30.3 Å². The van der Waals surface area contributed by atoms with Gasteiger partial charge in [0.05, 0.1) is 10.9 Å². The van der Waals surface area contributed by atoms with Crippen LogP contribution in [0.1, 0.15) is 30.7 Å². The van der Waals surface area contributed by atoms with Crippen LogP contribution in [0.3, 0.4) is 0 Å². The summed E-state index contributed by atoms with van der Waals surface area (Å²) in [6.45, 7) is 4.11. The fourth-order valence-electron chi connectivity index (χ4n) is 3.40. The van der Waals surface area contributed by atoms with E-state index in [2.05, 4.69) is 22.2 Å². The molecular formula is C20H20ClN3O2S2. The standard InChI is InChI=1S/C20H20ClN3O2S2/c1-10-3-5-13-16(7-10)28-20-17(13)19(22-9-23-20)27-11(2)18(26)24-14-8-12(21)4-6-15(14)25/h4,6,8-11,25H,3,5,7H2,1-2H3,(H,24,26). The Morgan fingerprint density at radius 3 is 3.07 bits per heavy atom. The van der Waals surface area contributed by atoms with Gasteiger partial charge >= 0.3 is 0 Å². The Labute approximate surface area is 176 Å². The predicted molar refractivity (Wildman–Crippen MR) is 116 cm³/mol. The van der Waals surface area contributed by atoms with E-state index in [9.17, 15) is 9.90 Å². The number of thioether (sulfide) groups is 1. The number of anilines is 1. The molecule has 2 heterocycles. The van der Waals surface area contributed by atoms with Crippen LogP contribution >= 0.6 is 34.7 Å². The molecule has 1 aliphatic carbocycles. The molecule has 1 aliphatic rings. The molecule has 0 aliphatic heterocycles. The van der Waals surface area contributed by atoms with Crippen molar-refractivity contribution in [2.24, 2.45) is 5.92 Å². The van der Waals surface area contributed by atoms with Crippen molar-refractivity contribution in [3.63, 3.8) is 0 Å². The highest BCUT2D eigenvalue weighted by Gasteiger charge is 2.25. The van der Waals surface area contributed by atoms with E-state index in [0.29, 0.717) is 16.6 Å². The first-order chi connectivity index (χ1) is 13.4. The quantitative estimate of drug-likeness (QED) is 0.332. The number of halogens is 1. The summed E-state index contributed by atoms with van der Waals surface area (Å²) in [6, 6.07) is 4.57. The molecule has 5 nitrogen and oxygen atoms in total. The lowest BCUT2D eigenvalue weighted by Crippen LogP contribution is -2.22. The Morgan fingerprint density at radius 2 is 2.25 bits per heavy atom. The summed E-state index contributed by atoms with van der Waals surface area (Å²) in [5.74, 6) is 0.465. The fourth-order valence-corrected chi connectivity index (χ4v) is 5.93. The highest BCUT2D eigenvalue weighted by Crippen LogP contribution is 2.41. The number of benzene rings is 1. The third kappa shape index (κ3) is 3.83. The third-order valence-electron chi connectivity index (χ3n) is 4.93. The van der Waals surface area contributed by atoms with Crippen LogP contribution < -0.4 is 5.32 Å². The van der Waals surface area contributed by atoms with E-state index in [-0.39, 0.29) is 11.7 Å². The van der Waals surface area contributed by atoms with Crippen LogP contribution in [0.25, 0.3) is 10.2 Å². The molecule has 2 aromatic heterocycles. The Morgan fingerprint density at radius 1 is 1.43 bits per heavy atom. The molecule has 28 heavy (non-hydrogen) atoms. The molecule has 0 bridgehead atoms. The highest BCUT2D eigenvalue weighted by atomic mass is 35.5. The first-order valence-electron chi connectivity index (χ1n) is 9.13. The Bertz CT molecular complexity index is 1050. The Hall–Kier alpha value is -1.83. The monoisotopic (exact) mass is 433 g/mol. The second-order valence-electron chi connectivity index (χ2n) is 7.12. The van der Waals surface area contributed by atoms with E-state index >= 15 is 0 Å². The van der Waals surface area contributed by atoms with Gasteiger partial charge in [-0.15, -0.1) is 11.3 Å². The molecule has 0 saturated carbocycles. The molecule has 2 atom stereocenters. The summed E-state index contributed by atoms with van der Waals surface area (Å²) in [6.07, 6.45) is 4.87. The van der Waals surface area contributed by atoms with Gasteiger partial charge < -0.3 is 10.4 Å². The molecule has 1 aromatic carbocycles. The molecule has 2 unspecified atom stereocenters. The normalized spacial score (nSPS) is 17.3. The molecule has 4 rings (SSSR count). The largest absolute Gasteiger partial charge is 0.506 e. The topological polar surface area (TPSA) is 75.1 Å². The van der Waals surface area contributed by atoms with Crippen molar-refractivity contribution in [3.05, 3.63) is 40.0 Å². The minimum atomic E-state index is -0.394. The van der Waals surface area contributed by atoms with Gasteiger partial charge in [-0.3, -0.25) is 4.79 Å². The molecule has 8 heteroatoms. The van der Waals surface area contributed by atoms with Crippen LogP contribution in [0.4, 0.5) is 5.69 Å². The smallest absolute Gasteiger partial charge is 0.237 e. The predicted octanol–water partition coefficient (Wildman–Crippen LogP) is 5.29. The number of fused-ring (bicyclic) bond motifs is 3. The van der Waals surface area contributed by atoms with E-state index < -0.39 is 5.25 Å². The zero-order chi connectivity index (χ0) is 19.8. The van der Waals surface area contributed by atoms with Gasteiger partial charge in [-0.05, 0) is 55.9 Å². The molecule has 2 N–H and O–H groups in total. The number of phenols is 1. The number of rotatable bonds is 4. The van der Waals surface area contributed by atoms with E-state index in [0.717, 1.165) is 28.1 Å². The van der Waals surface area contributed by atoms with Crippen molar-refractivity contribution in [1.29, 1.82) is 0 Å². The number of thiophene rings is 1. The summed E-state index contributed by atoms with van der Waals surface area (Å²) in [5, 5.41) is 14.7. The van der Waals surface area contributed by atoms with Gasteiger partial charge in [0.1, 0.15) is 21.9 Å². The molecule has 0 spiro atoms. The number of aromatic nitrogens is 2. The van der Waals surface area contributed by atoms with Gasteiger partial charge in [0.15, 0.2) is 0 Å². The van der Waals surface area contributed by atoms with E-state index in [1.54, 1.807) is 23.7 Å². The van der Waals surface area contributed by atoms with E-state index in [1.165, 1.54) is 40.8 Å². The van der Waals surface area contributed by atoms with E-state index in [4.69, 9.17) is 11.6 Å². The molecule has 146 valence electrons. The average molecular weight is 434 g/mol. The minimum Gasteiger partial charge on any atom is -0.506 e. The average Bonchev–Trinajstić information content (AvgIpc) is 3.03. The second-order valence-corrected chi connectivity index (χ2v) is 9.97. The summed E-state index contributed by atoms with van der Waals surface area (Å²) >= 11 is 9.12. The van der Waals surface area contributed by atoms with Gasteiger partial charge in [-0.2, -0.15) is 0 Å². The van der Waals surface area contributed by atoms with Crippen molar-refractivity contribution in [2.45, 2.75) is 43.4 Å². The number of nitrogens with one attached hydrogen (secondary N) is 1. The summed E-state index contributed by atoms with van der Waals surface area (Å²) in [7, 11) is 0.